The zero-order valence-electron chi connectivity index (χ0n) is 18.4. The second-order valence-electron chi connectivity index (χ2n) is 8.41. The maximum absolute atomic E-state index is 12.5. The van der Waals surface area contributed by atoms with Gasteiger partial charge in [-0.3, -0.25) is 9.78 Å². The molecule has 1 saturated carbocycles. The lowest BCUT2D eigenvalue weighted by Gasteiger charge is -2.41. The molecule has 0 unspecified atom stereocenters. The Hall–Kier alpha value is -2.93. The highest BCUT2D eigenvalue weighted by molar-refractivity contribution is 5.79. The topological polar surface area (TPSA) is 84.6 Å². The van der Waals surface area contributed by atoms with Crippen molar-refractivity contribution in [3.8, 4) is 11.1 Å². The summed E-state index contributed by atoms with van der Waals surface area (Å²) < 4.78 is 5.05. The van der Waals surface area contributed by atoms with Gasteiger partial charge in [0.2, 0.25) is 5.91 Å². The number of piperazine rings is 1. The molecule has 31 heavy (non-hydrogen) atoms. The predicted octanol–water partition coefficient (Wildman–Crippen LogP) is 3.32. The average Bonchev–Trinajstić information content (AvgIpc) is 3.62. The molecule has 1 aliphatic carbocycles. The number of aromatic nitrogens is 2. The van der Waals surface area contributed by atoms with Crippen molar-refractivity contribution in [2.24, 2.45) is 0 Å². The predicted molar refractivity (Wildman–Crippen MR) is 124 cm³/mol. The summed E-state index contributed by atoms with van der Waals surface area (Å²) in [5.74, 6) is 1.45. The number of pyridine rings is 2. The summed E-state index contributed by atoms with van der Waals surface area (Å²) in [6, 6.07) is 6.18. The van der Waals surface area contributed by atoms with Crippen LogP contribution in [0.5, 0.6) is 0 Å². The van der Waals surface area contributed by atoms with Crippen LogP contribution in [0.25, 0.3) is 17.2 Å². The quantitative estimate of drug-likeness (QED) is 0.738. The Morgan fingerprint density at radius 2 is 2.16 bits per heavy atom. The Morgan fingerprint density at radius 3 is 2.84 bits per heavy atom. The molecule has 0 spiro atoms. The number of hydrogen-bond donors (Lipinski definition) is 1. The maximum Gasteiger partial charge on any atom is 0.225 e. The standard InChI is InChI=1S/C24H31N5O2/c1-4-19-13-18(7-9-26-19)20-14-21(25)24(27-23(20)17-5-6-17)28-10-11-29(16(2)15-28)22(30)8-12-31-3/h4,7,9,13-14,16-17H,1,5-6,8,10-12,15,25H2,2-3H3/t16-/m1/s1. The van der Waals surface area contributed by atoms with Gasteiger partial charge in [0, 0.05) is 50.5 Å². The van der Waals surface area contributed by atoms with Crippen molar-refractivity contribution in [1.29, 1.82) is 0 Å². The molecule has 1 aliphatic heterocycles. The Balaban J connectivity index is 1.59. The first-order valence-corrected chi connectivity index (χ1v) is 10.9. The highest BCUT2D eigenvalue weighted by Gasteiger charge is 2.32. The monoisotopic (exact) mass is 421 g/mol. The van der Waals surface area contributed by atoms with E-state index in [-0.39, 0.29) is 11.9 Å². The lowest BCUT2D eigenvalue weighted by atomic mass is 10.0. The van der Waals surface area contributed by atoms with E-state index in [9.17, 15) is 4.79 Å². The van der Waals surface area contributed by atoms with Gasteiger partial charge in [-0.2, -0.15) is 0 Å². The molecule has 0 aromatic carbocycles. The fraction of sp³-hybridized carbons (Fsp3) is 0.458. The van der Waals surface area contributed by atoms with Crippen LogP contribution in [-0.2, 0) is 9.53 Å². The number of carbonyl (C=O) groups excluding carboxylic acids is 1. The van der Waals surface area contributed by atoms with Crippen LogP contribution in [0.1, 0.15) is 43.5 Å². The molecule has 2 aliphatic rings. The molecule has 7 nitrogen and oxygen atoms in total. The number of anilines is 2. The third-order valence-electron chi connectivity index (χ3n) is 6.09. The maximum atomic E-state index is 12.5. The van der Waals surface area contributed by atoms with E-state index in [1.807, 2.05) is 17.0 Å². The van der Waals surface area contributed by atoms with Crippen LogP contribution in [0.3, 0.4) is 0 Å². The zero-order valence-corrected chi connectivity index (χ0v) is 18.4. The third kappa shape index (κ3) is 4.56. The van der Waals surface area contributed by atoms with Gasteiger partial charge < -0.3 is 20.3 Å². The third-order valence-corrected chi connectivity index (χ3v) is 6.09. The van der Waals surface area contributed by atoms with Crippen LogP contribution in [-0.4, -0.2) is 60.2 Å². The Morgan fingerprint density at radius 1 is 1.35 bits per heavy atom. The molecule has 1 amide bonds. The highest BCUT2D eigenvalue weighted by Crippen LogP contribution is 2.45. The summed E-state index contributed by atoms with van der Waals surface area (Å²) >= 11 is 0. The lowest BCUT2D eigenvalue weighted by Crippen LogP contribution is -2.54. The minimum Gasteiger partial charge on any atom is -0.396 e. The first-order chi connectivity index (χ1) is 15.0. The van der Waals surface area contributed by atoms with E-state index in [0.29, 0.717) is 31.2 Å². The molecule has 4 rings (SSSR count). The molecular formula is C24H31N5O2. The van der Waals surface area contributed by atoms with E-state index in [4.69, 9.17) is 15.5 Å². The molecule has 2 fully saturated rings. The van der Waals surface area contributed by atoms with Gasteiger partial charge in [0.15, 0.2) is 5.82 Å². The summed E-state index contributed by atoms with van der Waals surface area (Å²) in [5.41, 5.74) is 11.3. The van der Waals surface area contributed by atoms with Crippen molar-refractivity contribution >= 4 is 23.5 Å². The van der Waals surface area contributed by atoms with Gasteiger partial charge in [-0.25, -0.2) is 4.98 Å². The summed E-state index contributed by atoms with van der Waals surface area (Å²) in [7, 11) is 1.62. The van der Waals surface area contributed by atoms with Gasteiger partial charge in [-0.15, -0.1) is 0 Å². The highest BCUT2D eigenvalue weighted by atomic mass is 16.5. The summed E-state index contributed by atoms with van der Waals surface area (Å²) in [4.78, 5) is 26.0. The van der Waals surface area contributed by atoms with E-state index in [1.54, 1.807) is 19.4 Å². The summed E-state index contributed by atoms with van der Waals surface area (Å²) in [6.45, 7) is 8.46. The molecule has 0 radical (unpaired) electrons. The van der Waals surface area contributed by atoms with Gasteiger partial charge >= 0.3 is 0 Å². The smallest absolute Gasteiger partial charge is 0.225 e. The Bertz CT molecular complexity index is 972. The molecule has 3 heterocycles. The second kappa shape index (κ2) is 9.06. The van der Waals surface area contributed by atoms with E-state index in [0.717, 1.165) is 54.3 Å². The van der Waals surface area contributed by atoms with Crippen LogP contribution >= 0.6 is 0 Å². The molecular weight excluding hydrogens is 390 g/mol. The SMILES string of the molecule is C=Cc1cc(-c2cc(N)c(N3CCN(C(=O)CCOC)[C@H](C)C3)nc2C2CC2)ccn1. The molecule has 0 bridgehead atoms. The number of nitrogens with zero attached hydrogens (tertiary/aromatic N) is 4. The summed E-state index contributed by atoms with van der Waals surface area (Å²) in [6.07, 6.45) is 6.27. The Labute approximate surface area is 183 Å². The number of ether oxygens (including phenoxy) is 1. The number of amides is 1. The van der Waals surface area contributed by atoms with Gasteiger partial charge in [0.05, 0.1) is 30.1 Å². The van der Waals surface area contributed by atoms with E-state index < -0.39 is 0 Å². The molecule has 1 atom stereocenters. The van der Waals surface area contributed by atoms with Crippen molar-refractivity contribution in [3.05, 3.63) is 42.4 Å². The number of nitrogens with two attached hydrogens (primary N) is 1. The molecule has 2 aromatic rings. The van der Waals surface area contributed by atoms with Crippen LogP contribution in [0.2, 0.25) is 0 Å². The molecule has 164 valence electrons. The molecule has 1 saturated heterocycles. The van der Waals surface area contributed by atoms with Gasteiger partial charge in [0.25, 0.3) is 0 Å². The number of hydrogen-bond acceptors (Lipinski definition) is 6. The van der Waals surface area contributed by atoms with Crippen molar-refractivity contribution < 1.29 is 9.53 Å². The van der Waals surface area contributed by atoms with Crippen molar-refractivity contribution in [3.63, 3.8) is 0 Å². The Kier molecular flexibility index (Phi) is 6.23. The van der Waals surface area contributed by atoms with Crippen LogP contribution in [0, 0.1) is 0 Å². The number of carbonyl (C=O) groups is 1. The van der Waals surface area contributed by atoms with Crippen molar-refractivity contribution in [2.45, 2.75) is 38.1 Å². The molecule has 7 heteroatoms. The first-order valence-electron chi connectivity index (χ1n) is 10.9. The van der Waals surface area contributed by atoms with Crippen molar-refractivity contribution in [1.82, 2.24) is 14.9 Å². The van der Waals surface area contributed by atoms with Crippen LogP contribution in [0.15, 0.2) is 31.0 Å². The van der Waals surface area contributed by atoms with Gasteiger partial charge in [0.1, 0.15) is 0 Å². The fourth-order valence-corrected chi connectivity index (χ4v) is 4.27. The number of nitrogen functional groups attached to an aromatic ring is 1. The number of rotatable bonds is 7. The van der Waals surface area contributed by atoms with E-state index >= 15 is 0 Å². The average molecular weight is 422 g/mol. The van der Waals surface area contributed by atoms with E-state index in [1.165, 1.54) is 0 Å². The van der Waals surface area contributed by atoms with Crippen LogP contribution < -0.4 is 10.6 Å². The molecule has 2 aromatic heterocycles. The largest absolute Gasteiger partial charge is 0.396 e. The number of methoxy groups -OCH3 is 1. The zero-order chi connectivity index (χ0) is 22.0. The second-order valence-corrected chi connectivity index (χ2v) is 8.41. The van der Waals surface area contributed by atoms with Gasteiger partial charge in [-0.05, 0) is 49.6 Å². The fourth-order valence-electron chi connectivity index (χ4n) is 4.27. The molecule has 2 N–H and O–H groups in total. The normalized spacial score (nSPS) is 18.8. The van der Waals surface area contributed by atoms with Gasteiger partial charge in [-0.1, -0.05) is 6.58 Å². The minimum absolute atomic E-state index is 0.0960. The summed E-state index contributed by atoms with van der Waals surface area (Å²) in [5, 5.41) is 0. The minimum atomic E-state index is 0.0960. The first kappa shape index (κ1) is 21.3. The van der Waals surface area contributed by atoms with Crippen molar-refractivity contribution in [2.75, 3.05) is 44.0 Å². The van der Waals surface area contributed by atoms with E-state index in [2.05, 4.69) is 29.5 Å². The lowest BCUT2D eigenvalue weighted by molar-refractivity contribution is -0.134. The van der Waals surface area contributed by atoms with Crippen LogP contribution in [0.4, 0.5) is 11.5 Å².